The molecule has 1 aliphatic rings. The summed E-state index contributed by atoms with van der Waals surface area (Å²) in [7, 11) is 0. The van der Waals surface area contributed by atoms with Gasteiger partial charge in [-0.15, -0.1) is 0 Å². The van der Waals surface area contributed by atoms with E-state index in [1.807, 2.05) is 0 Å². The Morgan fingerprint density at radius 2 is 2.40 bits per heavy atom. The van der Waals surface area contributed by atoms with Crippen LogP contribution in [0.2, 0.25) is 0 Å². The second kappa shape index (κ2) is 3.94. The van der Waals surface area contributed by atoms with Crippen LogP contribution < -0.4 is 0 Å². The zero-order valence-corrected chi connectivity index (χ0v) is 6.71. The first-order chi connectivity index (χ1) is 4.88. The second-order valence-corrected chi connectivity index (χ2v) is 3.01. The first-order valence-corrected chi connectivity index (χ1v) is 4.23. The van der Waals surface area contributed by atoms with Crippen LogP contribution in [0.1, 0.15) is 26.2 Å². The molecule has 0 aromatic heterocycles. The van der Waals surface area contributed by atoms with E-state index in [4.69, 9.17) is 5.11 Å². The van der Waals surface area contributed by atoms with Crippen molar-refractivity contribution in [2.45, 2.75) is 32.2 Å². The lowest BCUT2D eigenvalue weighted by molar-refractivity contribution is 0.159. The summed E-state index contributed by atoms with van der Waals surface area (Å²) < 4.78 is 0. The lowest BCUT2D eigenvalue weighted by Gasteiger charge is -2.21. The molecule has 0 unspecified atom stereocenters. The molecule has 1 saturated heterocycles. The molecule has 0 radical (unpaired) electrons. The van der Waals surface area contributed by atoms with E-state index in [0.29, 0.717) is 12.6 Å². The number of nitrogens with zero attached hydrogens (tertiary/aromatic N) is 1. The zero-order chi connectivity index (χ0) is 7.40. The van der Waals surface area contributed by atoms with Crippen LogP contribution in [0.5, 0.6) is 0 Å². The molecule has 60 valence electrons. The lowest BCUT2D eigenvalue weighted by Crippen LogP contribution is -2.32. The summed E-state index contributed by atoms with van der Waals surface area (Å²) in [5, 5.41) is 8.92. The third-order valence-electron chi connectivity index (χ3n) is 2.22. The minimum absolute atomic E-state index is 0.347. The lowest BCUT2D eigenvalue weighted by atomic mass is 10.2. The van der Waals surface area contributed by atoms with Crippen LogP contribution in [0.15, 0.2) is 0 Å². The molecule has 0 bridgehead atoms. The molecular formula is C8H17NO. The maximum absolute atomic E-state index is 8.92. The number of likely N-dealkylation sites (tertiary alicyclic amines) is 1. The van der Waals surface area contributed by atoms with Crippen molar-refractivity contribution in [3.05, 3.63) is 0 Å². The molecule has 0 amide bonds. The highest BCUT2D eigenvalue weighted by atomic mass is 16.3. The molecular weight excluding hydrogens is 126 g/mol. The average Bonchev–Trinajstić information content (AvgIpc) is 2.36. The zero-order valence-electron chi connectivity index (χ0n) is 6.71. The smallest absolute Gasteiger partial charge is 0.0586 e. The van der Waals surface area contributed by atoms with Gasteiger partial charge in [-0.05, 0) is 32.4 Å². The number of aliphatic hydroxyl groups is 1. The van der Waals surface area contributed by atoms with Gasteiger partial charge in [0.2, 0.25) is 0 Å². The molecule has 0 spiro atoms. The van der Waals surface area contributed by atoms with Gasteiger partial charge in [-0.2, -0.15) is 0 Å². The Balaban J connectivity index is 2.27. The minimum Gasteiger partial charge on any atom is -0.395 e. The fourth-order valence-electron chi connectivity index (χ4n) is 1.68. The Kier molecular flexibility index (Phi) is 3.16. The van der Waals surface area contributed by atoms with E-state index in [2.05, 4.69) is 11.8 Å². The molecule has 0 aromatic rings. The van der Waals surface area contributed by atoms with Crippen molar-refractivity contribution in [1.82, 2.24) is 4.90 Å². The van der Waals surface area contributed by atoms with E-state index in [-0.39, 0.29) is 0 Å². The van der Waals surface area contributed by atoms with Crippen LogP contribution in [-0.4, -0.2) is 35.7 Å². The molecule has 2 heteroatoms. The standard InChI is InChI=1S/C8H17NO/c1-2-5-9-6-3-4-8(9)7-10/h8,10H,2-7H2,1H3/t8-/m1/s1. The number of hydrogen-bond donors (Lipinski definition) is 1. The Hall–Kier alpha value is -0.0800. The van der Waals surface area contributed by atoms with Gasteiger partial charge in [-0.1, -0.05) is 6.92 Å². The fourth-order valence-corrected chi connectivity index (χ4v) is 1.68. The molecule has 1 N–H and O–H groups in total. The minimum atomic E-state index is 0.347. The normalized spacial score (nSPS) is 27.6. The largest absolute Gasteiger partial charge is 0.395 e. The summed E-state index contributed by atoms with van der Waals surface area (Å²) in [6.07, 6.45) is 3.66. The Labute approximate surface area is 62.8 Å². The molecule has 2 nitrogen and oxygen atoms in total. The molecule has 1 rings (SSSR count). The van der Waals surface area contributed by atoms with Crippen LogP contribution >= 0.6 is 0 Å². The second-order valence-electron chi connectivity index (χ2n) is 3.01. The van der Waals surface area contributed by atoms with Gasteiger partial charge in [0.05, 0.1) is 6.61 Å². The molecule has 1 heterocycles. The van der Waals surface area contributed by atoms with Crippen molar-refractivity contribution in [2.75, 3.05) is 19.7 Å². The maximum atomic E-state index is 8.92. The van der Waals surface area contributed by atoms with E-state index in [1.54, 1.807) is 0 Å². The van der Waals surface area contributed by atoms with Crippen LogP contribution in [0, 0.1) is 0 Å². The van der Waals surface area contributed by atoms with E-state index in [1.165, 1.54) is 25.8 Å². The van der Waals surface area contributed by atoms with Crippen molar-refractivity contribution in [3.63, 3.8) is 0 Å². The molecule has 1 atom stereocenters. The molecule has 10 heavy (non-hydrogen) atoms. The van der Waals surface area contributed by atoms with Gasteiger partial charge in [0.15, 0.2) is 0 Å². The van der Waals surface area contributed by atoms with Crippen LogP contribution in [0.4, 0.5) is 0 Å². The van der Waals surface area contributed by atoms with E-state index < -0.39 is 0 Å². The van der Waals surface area contributed by atoms with Crippen molar-refractivity contribution >= 4 is 0 Å². The summed E-state index contributed by atoms with van der Waals surface area (Å²) in [6, 6.07) is 0.472. The summed E-state index contributed by atoms with van der Waals surface area (Å²) >= 11 is 0. The van der Waals surface area contributed by atoms with Crippen molar-refractivity contribution in [2.24, 2.45) is 0 Å². The van der Waals surface area contributed by atoms with Gasteiger partial charge < -0.3 is 5.11 Å². The van der Waals surface area contributed by atoms with Crippen LogP contribution in [-0.2, 0) is 0 Å². The highest BCUT2D eigenvalue weighted by molar-refractivity contribution is 4.77. The number of aliphatic hydroxyl groups excluding tert-OH is 1. The van der Waals surface area contributed by atoms with Gasteiger partial charge in [-0.25, -0.2) is 0 Å². The Morgan fingerprint density at radius 3 is 3.00 bits per heavy atom. The SMILES string of the molecule is CCCN1CCC[C@@H]1CO. The summed E-state index contributed by atoms with van der Waals surface area (Å²) in [5.41, 5.74) is 0. The van der Waals surface area contributed by atoms with Gasteiger partial charge >= 0.3 is 0 Å². The van der Waals surface area contributed by atoms with Crippen LogP contribution in [0.25, 0.3) is 0 Å². The first kappa shape index (κ1) is 8.02. The fraction of sp³-hybridized carbons (Fsp3) is 1.00. The average molecular weight is 143 g/mol. The van der Waals surface area contributed by atoms with Gasteiger partial charge in [0.25, 0.3) is 0 Å². The quantitative estimate of drug-likeness (QED) is 0.633. The van der Waals surface area contributed by atoms with Crippen molar-refractivity contribution < 1.29 is 5.11 Å². The monoisotopic (exact) mass is 143 g/mol. The van der Waals surface area contributed by atoms with E-state index >= 15 is 0 Å². The third kappa shape index (κ3) is 1.70. The predicted octanol–water partition coefficient (Wildman–Crippen LogP) is 0.853. The molecule has 1 fully saturated rings. The Morgan fingerprint density at radius 1 is 1.60 bits per heavy atom. The van der Waals surface area contributed by atoms with Crippen LogP contribution in [0.3, 0.4) is 0 Å². The highest BCUT2D eigenvalue weighted by Gasteiger charge is 2.21. The van der Waals surface area contributed by atoms with E-state index in [9.17, 15) is 0 Å². The Bertz CT molecular complexity index is 95.3. The first-order valence-electron chi connectivity index (χ1n) is 4.23. The van der Waals surface area contributed by atoms with Gasteiger partial charge in [0.1, 0.15) is 0 Å². The molecule has 0 aromatic carbocycles. The van der Waals surface area contributed by atoms with E-state index in [0.717, 1.165) is 6.54 Å². The highest BCUT2D eigenvalue weighted by Crippen LogP contribution is 2.15. The number of hydrogen-bond acceptors (Lipinski definition) is 2. The third-order valence-corrected chi connectivity index (χ3v) is 2.22. The van der Waals surface area contributed by atoms with Gasteiger partial charge in [-0.3, -0.25) is 4.90 Å². The van der Waals surface area contributed by atoms with Crippen molar-refractivity contribution in [1.29, 1.82) is 0 Å². The maximum Gasteiger partial charge on any atom is 0.0586 e. The summed E-state index contributed by atoms with van der Waals surface area (Å²) in [6.45, 7) is 4.89. The molecule has 0 aliphatic carbocycles. The summed E-state index contributed by atoms with van der Waals surface area (Å²) in [4.78, 5) is 2.39. The van der Waals surface area contributed by atoms with Crippen molar-refractivity contribution in [3.8, 4) is 0 Å². The summed E-state index contributed by atoms with van der Waals surface area (Å²) in [5.74, 6) is 0. The number of rotatable bonds is 3. The molecule has 1 aliphatic heterocycles. The molecule has 0 saturated carbocycles. The topological polar surface area (TPSA) is 23.5 Å². The van der Waals surface area contributed by atoms with Gasteiger partial charge in [0, 0.05) is 6.04 Å². The predicted molar refractivity (Wildman–Crippen MR) is 42.0 cm³/mol.